The van der Waals surface area contributed by atoms with Gasteiger partial charge >= 0.3 is 6.09 Å². The molecular formula is C10H19ClN2O2. The van der Waals surface area contributed by atoms with E-state index < -0.39 is 0 Å². The van der Waals surface area contributed by atoms with E-state index in [0.29, 0.717) is 0 Å². The Kier molecular flexibility index (Phi) is 3.84. The van der Waals surface area contributed by atoms with Crippen molar-refractivity contribution in [3.63, 3.8) is 0 Å². The van der Waals surface area contributed by atoms with Gasteiger partial charge in [-0.2, -0.15) is 0 Å². The zero-order chi connectivity index (χ0) is 10.2. The van der Waals surface area contributed by atoms with Crippen LogP contribution in [0, 0.1) is 0 Å². The van der Waals surface area contributed by atoms with Gasteiger partial charge < -0.3 is 15.0 Å². The quantitative estimate of drug-likeness (QED) is 0.746. The smallest absolute Gasteiger partial charge is 0.410 e. The number of ether oxygens (including phenoxy) is 1. The summed E-state index contributed by atoms with van der Waals surface area (Å²) in [6.07, 6.45) is 1.76. The van der Waals surface area contributed by atoms with Crippen LogP contribution in [0.15, 0.2) is 0 Å². The molecule has 0 aromatic rings. The van der Waals surface area contributed by atoms with E-state index in [1.807, 2.05) is 18.7 Å². The average molecular weight is 235 g/mol. The molecule has 0 aromatic carbocycles. The number of rotatable bonds is 1. The standard InChI is InChI=1S/C10H18N2O2.ClH/c1-8(2)12-7-10(14-9(12)13)3-5-11-6-4-10;/h8,11H,3-7H2,1-2H3;1H. The lowest BCUT2D eigenvalue weighted by molar-refractivity contribution is 0.0316. The molecule has 0 aliphatic carbocycles. The lowest BCUT2D eigenvalue weighted by atomic mass is 9.92. The molecule has 0 aromatic heterocycles. The number of nitrogens with zero attached hydrogens (tertiary/aromatic N) is 1. The monoisotopic (exact) mass is 234 g/mol. The normalized spacial score (nSPS) is 24.2. The third-order valence-corrected chi connectivity index (χ3v) is 3.13. The maximum atomic E-state index is 11.6. The molecular weight excluding hydrogens is 216 g/mol. The first-order valence-corrected chi connectivity index (χ1v) is 5.33. The number of hydrogen-bond acceptors (Lipinski definition) is 3. The second-order valence-corrected chi connectivity index (χ2v) is 4.52. The van der Waals surface area contributed by atoms with E-state index in [2.05, 4.69) is 5.32 Å². The Morgan fingerprint density at radius 1 is 1.40 bits per heavy atom. The molecule has 2 aliphatic rings. The van der Waals surface area contributed by atoms with Crippen LogP contribution in [-0.4, -0.2) is 42.3 Å². The Morgan fingerprint density at radius 3 is 2.47 bits per heavy atom. The lowest BCUT2D eigenvalue weighted by Crippen LogP contribution is -2.45. The van der Waals surface area contributed by atoms with Gasteiger partial charge in [0.15, 0.2) is 0 Å². The molecule has 88 valence electrons. The first kappa shape index (κ1) is 12.6. The zero-order valence-corrected chi connectivity index (χ0v) is 10.1. The number of halogens is 1. The highest BCUT2D eigenvalue weighted by Gasteiger charge is 2.46. The van der Waals surface area contributed by atoms with Gasteiger partial charge in [-0.3, -0.25) is 0 Å². The fourth-order valence-corrected chi connectivity index (χ4v) is 2.19. The second-order valence-electron chi connectivity index (χ2n) is 4.52. The van der Waals surface area contributed by atoms with Gasteiger partial charge in [-0.1, -0.05) is 0 Å². The van der Waals surface area contributed by atoms with Crippen molar-refractivity contribution in [2.24, 2.45) is 0 Å². The molecule has 2 aliphatic heterocycles. The molecule has 1 amide bonds. The first-order chi connectivity index (χ1) is 6.63. The second kappa shape index (κ2) is 4.58. The fraction of sp³-hybridized carbons (Fsp3) is 0.900. The summed E-state index contributed by atoms with van der Waals surface area (Å²) in [7, 11) is 0. The molecule has 0 unspecified atom stereocenters. The Hall–Kier alpha value is -0.480. The molecule has 0 atom stereocenters. The number of carbonyl (C=O) groups is 1. The predicted octanol–water partition coefficient (Wildman–Crippen LogP) is 1.39. The van der Waals surface area contributed by atoms with Gasteiger partial charge in [0.25, 0.3) is 0 Å². The summed E-state index contributed by atoms with van der Waals surface area (Å²) < 4.78 is 5.51. The summed E-state index contributed by atoms with van der Waals surface area (Å²) in [5.41, 5.74) is -0.188. The molecule has 4 nitrogen and oxygen atoms in total. The molecule has 1 N–H and O–H groups in total. The van der Waals surface area contributed by atoms with Gasteiger partial charge in [0.1, 0.15) is 5.60 Å². The molecule has 0 radical (unpaired) electrons. The minimum Gasteiger partial charge on any atom is -0.441 e. The number of hydrogen-bond donors (Lipinski definition) is 1. The first-order valence-electron chi connectivity index (χ1n) is 5.33. The van der Waals surface area contributed by atoms with Crippen molar-refractivity contribution in [1.82, 2.24) is 10.2 Å². The van der Waals surface area contributed by atoms with E-state index >= 15 is 0 Å². The molecule has 1 spiro atoms. The van der Waals surface area contributed by atoms with E-state index in [-0.39, 0.29) is 30.1 Å². The molecule has 2 fully saturated rings. The molecule has 2 rings (SSSR count). The maximum absolute atomic E-state index is 11.6. The molecule has 15 heavy (non-hydrogen) atoms. The summed E-state index contributed by atoms with van der Waals surface area (Å²) in [6.45, 7) is 6.74. The van der Waals surface area contributed by atoms with Crippen molar-refractivity contribution >= 4 is 18.5 Å². The summed E-state index contributed by atoms with van der Waals surface area (Å²) in [4.78, 5) is 13.4. The molecule has 0 bridgehead atoms. The highest BCUT2D eigenvalue weighted by Crippen LogP contribution is 2.31. The highest BCUT2D eigenvalue weighted by molar-refractivity contribution is 5.85. The van der Waals surface area contributed by atoms with Crippen molar-refractivity contribution in [2.75, 3.05) is 19.6 Å². The lowest BCUT2D eigenvalue weighted by Gasteiger charge is -2.31. The average Bonchev–Trinajstić information content (AvgIpc) is 2.44. The summed E-state index contributed by atoms with van der Waals surface area (Å²) in [6, 6.07) is 0.247. The third kappa shape index (κ3) is 2.37. The van der Waals surface area contributed by atoms with Crippen molar-refractivity contribution in [1.29, 1.82) is 0 Å². The van der Waals surface area contributed by atoms with Crippen LogP contribution in [0.1, 0.15) is 26.7 Å². The van der Waals surface area contributed by atoms with Crippen LogP contribution in [-0.2, 0) is 4.74 Å². The Balaban J connectivity index is 0.00000112. The fourth-order valence-electron chi connectivity index (χ4n) is 2.19. The van der Waals surface area contributed by atoms with E-state index in [4.69, 9.17) is 4.74 Å². The maximum Gasteiger partial charge on any atom is 0.410 e. The van der Waals surface area contributed by atoms with Crippen LogP contribution < -0.4 is 5.32 Å². The minimum absolute atomic E-state index is 0. The Morgan fingerprint density at radius 2 is 2.00 bits per heavy atom. The number of piperidine rings is 1. The topological polar surface area (TPSA) is 41.6 Å². The highest BCUT2D eigenvalue weighted by atomic mass is 35.5. The van der Waals surface area contributed by atoms with Crippen molar-refractivity contribution in [2.45, 2.75) is 38.3 Å². The summed E-state index contributed by atoms with van der Waals surface area (Å²) in [5, 5.41) is 3.28. The summed E-state index contributed by atoms with van der Waals surface area (Å²) in [5.74, 6) is 0. The van der Waals surface area contributed by atoms with Gasteiger partial charge in [-0.15, -0.1) is 12.4 Å². The van der Waals surface area contributed by atoms with E-state index in [1.165, 1.54) is 0 Å². The van der Waals surface area contributed by atoms with Gasteiger partial charge in [0.2, 0.25) is 0 Å². The molecule has 5 heteroatoms. The van der Waals surface area contributed by atoms with Crippen LogP contribution in [0.2, 0.25) is 0 Å². The van der Waals surface area contributed by atoms with E-state index in [1.54, 1.807) is 0 Å². The Bertz CT molecular complexity index is 240. The predicted molar refractivity (Wildman–Crippen MR) is 60.4 cm³/mol. The van der Waals surface area contributed by atoms with Crippen LogP contribution in [0.25, 0.3) is 0 Å². The number of nitrogens with one attached hydrogen (secondary N) is 1. The number of amides is 1. The molecule has 2 heterocycles. The van der Waals surface area contributed by atoms with Crippen LogP contribution in [0.5, 0.6) is 0 Å². The van der Waals surface area contributed by atoms with Gasteiger partial charge in [0, 0.05) is 18.9 Å². The van der Waals surface area contributed by atoms with Crippen molar-refractivity contribution < 1.29 is 9.53 Å². The van der Waals surface area contributed by atoms with E-state index in [9.17, 15) is 4.79 Å². The SMILES string of the molecule is CC(C)N1CC2(CCNCC2)OC1=O.Cl. The minimum atomic E-state index is -0.188. The van der Waals surface area contributed by atoms with E-state index in [0.717, 1.165) is 32.5 Å². The molecule has 0 saturated carbocycles. The largest absolute Gasteiger partial charge is 0.441 e. The zero-order valence-electron chi connectivity index (χ0n) is 9.28. The Labute approximate surface area is 96.7 Å². The van der Waals surface area contributed by atoms with Gasteiger partial charge in [-0.25, -0.2) is 4.79 Å². The van der Waals surface area contributed by atoms with Crippen molar-refractivity contribution in [3.8, 4) is 0 Å². The van der Waals surface area contributed by atoms with Gasteiger partial charge in [-0.05, 0) is 26.9 Å². The summed E-state index contributed by atoms with van der Waals surface area (Å²) >= 11 is 0. The third-order valence-electron chi connectivity index (χ3n) is 3.13. The number of carbonyl (C=O) groups excluding carboxylic acids is 1. The van der Waals surface area contributed by atoms with Crippen molar-refractivity contribution in [3.05, 3.63) is 0 Å². The molecule has 2 saturated heterocycles. The van der Waals surface area contributed by atoms with Crippen LogP contribution in [0.4, 0.5) is 4.79 Å². The van der Waals surface area contributed by atoms with Crippen LogP contribution >= 0.6 is 12.4 Å². The van der Waals surface area contributed by atoms with Crippen LogP contribution in [0.3, 0.4) is 0 Å². The van der Waals surface area contributed by atoms with Gasteiger partial charge in [0.05, 0.1) is 6.54 Å².